The second kappa shape index (κ2) is 6.41. The summed E-state index contributed by atoms with van der Waals surface area (Å²) in [6.07, 6.45) is 1.08. The Morgan fingerprint density at radius 1 is 1.47 bits per heavy atom. The molecule has 0 aromatic heterocycles. The molecule has 0 amide bonds. The molecule has 1 fully saturated rings. The lowest BCUT2D eigenvalue weighted by Gasteiger charge is -2.25. The van der Waals surface area contributed by atoms with Gasteiger partial charge in [0.05, 0.1) is 6.10 Å². The number of nitrogens with zero attached hydrogens (tertiary/aromatic N) is 1. The molecule has 2 atom stereocenters. The second-order valence-corrected chi connectivity index (χ2v) is 5.07. The molecule has 0 saturated carbocycles. The fourth-order valence-corrected chi connectivity index (χ4v) is 2.42. The Balaban J connectivity index is 2.03. The summed E-state index contributed by atoms with van der Waals surface area (Å²) in [5.74, 6) is -0.910. The van der Waals surface area contributed by atoms with Crippen molar-refractivity contribution < 1.29 is 13.5 Å². The smallest absolute Gasteiger partial charge is 0.128 e. The lowest BCUT2D eigenvalue weighted by atomic mass is 10.1. The molecule has 0 aliphatic carbocycles. The van der Waals surface area contributed by atoms with Crippen molar-refractivity contribution in [3.63, 3.8) is 0 Å². The Bertz CT molecular complexity index is 428. The van der Waals surface area contributed by atoms with Crippen LogP contribution in [0.25, 0.3) is 0 Å². The number of benzene rings is 1. The number of nitrogens with two attached hydrogens (primary N) is 1. The van der Waals surface area contributed by atoms with Crippen LogP contribution in [-0.4, -0.2) is 37.2 Å². The zero-order valence-corrected chi connectivity index (χ0v) is 11.1. The highest BCUT2D eigenvalue weighted by atomic mass is 19.1. The van der Waals surface area contributed by atoms with E-state index in [1.54, 1.807) is 0 Å². The van der Waals surface area contributed by atoms with Gasteiger partial charge in [-0.3, -0.25) is 4.90 Å². The van der Waals surface area contributed by atoms with Gasteiger partial charge >= 0.3 is 0 Å². The van der Waals surface area contributed by atoms with Crippen LogP contribution in [-0.2, 0) is 4.74 Å². The van der Waals surface area contributed by atoms with E-state index in [0.29, 0.717) is 6.54 Å². The SMILES string of the molecule is CC1CN(CC(N)c2cc(F)ccc2F)CCCO1. The first-order valence-corrected chi connectivity index (χ1v) is 6.60. The van der Waals surface area contributed by atoms with Crippen molar-refractivity contribution in [2.45, 2.75) is 25.5 Å². The van der Waals surface area contributed by atoms with Gasteiger partial charge in [0, 0.05) is 37.8 Å². The van der Waals surface area contributed by atoms with Gasteiger partial charge in [-0.1, -0.05) is 0 Å². The minimum absolute atomic E-state index is 0.145. The molecule has 5 heteroatoms. The van der Waals surface area contributed by atoms with Gasteiger partial charge in [0.2, 0.25) is 0 Å². The maximum Gasteiger partial charge on any atom is 0.128 e. The number of hydrogen-bond donors (Lipinski definition) is 1. The fraction of sp³-hybridized carbons (Fsp3) is 0.571. The van der Waals surface area contributed by atoms with Crippen LogP contribution < -0.4 is 5.73 Å². The van der Waals surface area contributed by atoms with E-state index in [0.717, 1.165) is 38.2 Å². The van der Waals surface area contributed by atoms with Gasteiger partial charge in [-0.2, -0.15) is 0 Å². The van der Waals surface area contributed by atoms with Gasteiger partial charge in [0.1, 0.15) is 11.6 Å². The molecule has 0 spiro atoms. The van der Waals surface area contributed by atoms with Crippen LogP contribution in [0.1, 0.15) is 24.9 Å². The summed E-state index contributed by atoms with van der Waals surface area (Å²) >= 11 is 0. The molecular formula is C14H20F2N2O. The summed E-state index contributed by atoms with van der Waals surface area (Å²) in [6, 6.07) is 2.88. The average Bonchev–Trinajstić information content (AvgIpc) is 2.56. The van der Waals surface area contributed by atoms with Crippen molar-refractivity contribution in [2.24, 2.45) is 5.73 Å². The Labute approximate surface area is 112 Å². The minimum atomic E-state index is -0.527. The molecule has 2 unspecified atom stereocenters. The first-order chi connectivity index (χ1) is 9.06. The maximum absolute atomic E-state index is 13.6. The molecule has 0 bridgehead atoms. The molecule has 2 rings (SSSR count). The van der Waals surface area contributed by atoms with Gasteiger partial charge in [-0.15, -0.1) is 0 Å². The van der Waals surface area contributed by atoms with E-state index in [1.165, 1.54) is 6.07 Å². The van der Waals surface area contributed by atoms with E-state index < -0.39 is 17.7 Å². The van der Waals surface area contributed by atoms with Crippen LogP contribution in [0, 0.1) is 11.6 Å². The van der Waals surface area contributed by atoms with Gasteiger partial charge in [0.25, 0.3) is 0 Å². The summed E-state index contributed by atoms with van der Waals surface area (Å²) in [7, 11) is 0. The molecule has 1 saturated heterocycles. The van der Waals surface area contributed by atoms with Crippen LogP contribution in [0.5, 0.6) is 0 Å². The van der Waals surface area contributed by atoms with Crippen molar-refractivity contribution >= 4 is 0 Å². The predicted octanol–water partition coefficient (Wildman–Crippen LogP) is 2.08. The molecule has 1 aromatic carbocycles. The molecule has 106 valence electrons. The topological polar surface area (TPSA) is 38.5 Å². The number of hydrogen-bond acceptors (Lipinski definition) is 3. The number of halogens is 2. The highest BCUT2D eigenvalue weighted by molar-refractivity contribution is 5.22. The largest absolute Gasteiger partial charge is 0.377 e. The van der Waals surface area contributed by atoms with Gasteiger partial charge < -0.3 is 10.5 Å². The lowest BCUT2D eigenvalue weighted by Crippen LogP contribution is -2.36. The van der Waals surface area contributed by atoms with E-state index in [1.807, 2.05) is 6.92 Å². The van der Waals surface area contributed by atoms with Crippen LogP contribution >= 0.6 is 0 Å². The zero-order chi connectivity index (χ0) is 13.8. The normalized spacial score (nSPS) is 23.1. The maximum atomic E-state index is 13.6. The molecule has 1 aliphatic heterocycles. The lowest BCUT2D eigenvalue weighted by molar-refractivity contribution is 0.0669. The Kier molecular flexibility index (Phi) is 4.85. The van der Waals surface area contributed by atoms with Gasteiger partial charge in [0.15, 0.2) is 0 Å². The quantitative estimate of drug-likeness (QED) is 0.914. The van der Waals surface area contributed by atoms with Crippen molar-refractivity contribution in [3.05, 3.63) is 35.4 Å². The number of ether oxygens (including phenoxy) is 1. The van der Waals surface area contributed by atoms with E-state index >= 15 is 0 Å². The summed E-state index contributed by atoms with van der Waals surface area (Å²) in [4.78, 5) is 2.15. The molecular weight excluding hydrogens is 250 g/mol. The van der Waals surface area contributed by atoms with E-state index in [-0.39, 0.29) is 11.7 Å². The Hall–Kier alpha value is -1.04. The van der Waals surface area contributed by atoms with Gasteiger partial charge in [-0.05, 0) is 31.5 Å². The van der Waals surface area contributed by atoms with Crippen molar-refractivity contribution in [3.8, 4) is 0 Å². The standard InChI is InChI=1S/C14H20F2N2O/c1-10-8-18(5-2-6-19-10)9-14(17)12-7-11(15)3-4-13(12)16/h3-4,7,10,14H,2,5-6,8-9,17H2,1H3. The Morgan fingerprint density at radius 2 is 2.26 bits per heavy atom. The van der Waals surface area contributed by atoms with Crippen LogP contribution in [0.3, 0.4) is 0 Å². The predicted molar refractivity (Wildman–Crippen MR) is 69.8 cm³/mol. The number of rotatable bonds is 3. The summed E-state index contributed by atoms with van der Waals surface area (Å²) in [5.41, 5.74) is 6.24. The highest BCUT2D eigenvalue weighted by Gasteiger charge is 2.20. The van der Waals surface area contributed by atoms with Crippen LogP contribution in [0.2, 0.25) is 0 Å². The third-order valence-electron chi connectivity index (χ3n) is 3.35. The summed E-state index contributed by atoms with van der Waals surface area (Å²) < 4.78 is 32.3. The van der Waals surface area contributed by atoms with E-state index in [2.05, 4.69) is 4.90 Å². The zero-order valence-electron chi connectivity index (χ0n) is 11.1. The summed E-state index contributed by atoms with van der Waals surface area (Å²) in [5, 5.41) is 0. The molecule has 2 N–H and O–H groups in total. The molecule has 3 nitrogen and oxygen atoms in total. The molecule has 0 radical (unpaired) electrons. The fourth-order valence-electron chi connectivity index (χ4n) is 2.42. The van der Waals surface area contributed by atoms with Crippen LogP contribution in [0.15, 0.2) is 18.2 Å². The van der Waals surface area contributed by atoms with Crippen molar-refractivity contribution in [1.29, 1.82) is 0 Å². The van der Waals surface area contributed by atoms with E-state index in [9.17, 15) is 8.78 Å². The van der Waals surface area contributed by atoms with Crippen LogP contribution in [0.4, 0.5) is 8.78 Å². The monoisotopic (exact) mass is 270 g/mol. The molecule has 1 heterocycles. The van der Waals surface area contributed by atoms with Crippen molar-refractivity contribution in [1.82, 2.24) is 4.90 Å². The summed E-state index contributed by atoms with van der Waals surface area (Å²) in [6.45, 7) is 4.89. The van der Waals surface area contributed by atoms with Crippen molar-refractivity contribution in [2.75, 3.05) is 26.2 Å². The first-order valence-electron chi connectivity index (χ1n) is 6.60. The minimum Gasteiger partial charge on any atom is -0.377 e. The van der Waals surface area contributed by atoms with E-state index in [4.69, 9.17) is 10.5 Å². The van der Waals surface area contributed by atoms with Gasteiger partial charge in [-0.25, -0.2) is 8.78 Å². The third-order valence-corrected chi connectivity index (χ3v) is 3.35. The molecule has 19 heavy (non-hydrogen) atoms. The first kappa shape index (κ1) is 14.4. The molecule has 1 aliphatic rings. The Morgan fingerprint density at radius 3 is 3.05 bits per heavy atom. The highest BCUT2D eigenvalue weighted by Crippen LogP contribution is 2.18. The second-order valence-electron chi connectivity index (χ2n) is 5.07. The molecule has 1 aromatic rings. The average molecular weight is 270 g/mol. The third kappa shape index (κ3) is 3.96.